The highest BCUT2D eigenvalue weighted by molar-refractivity contribution is 5.99. The van der Waals surface area contributed by atoms with Crippen LogP contribution in [0.25, 0.3) is 16.9 Å². The minimum atomic E-state index is -0.309. The molecule has 1 aromatic heterocycles. The second kappa shape index (κ2) is 10.2. The van der Waals surface area contributed by atoms with E-state index in [1.54, 1.807) is 17.0 Å². The average Bonchev–Trinajstić information content (AvgIpc) is 3.27. The highest BCUT2D eigenvalue weighted by Gasteiger charge is 2.23. The molecule has 1 N–H and O–H groups in total. The number of carbonyl (C=O) groups is 2. The van der Waals surface area contributed by atoms with E-state index in [2.05, 4.69) is 10.3 Å². The van der Waals surface area contributed by atoms with Crippen LogP contribution in [0.2, 0.25) is 0 Å². The number of hydrogen-bond donors (Lipinski definition) is 1. The summed E-state index contributed by atoms with van der Waals surface area (Å²) in [6.45, 7) is 5.70. The van der Waals surface area contributed by atoms with Gasteiger partial charge in [-0.15, -0.1) is 0 Å². The molecule has 0 unspecified atom stereocenters. The molecule has 0 fully saturated rings. The molecule has 6 nitrogen and oxygen atoms in total. The molecule has 6 heteroatoms. The Morgan fingerprint density at radius 3 is 2.15 bits per heavy atom. The van der Waals surface area contributed by atoms with Crippen molar-refractivity contribution in [3.8, 4) is 16.9 Å². The zero-order valence-electron chi connectivity index (χ0n) is 19.6. The van der Waals surface area contributed by atoms with Crippen molar-refractivity contribution >= 4 is 17.8 Å². The number of nitrogens with zero attached hydrogens (tertiary/aromatic N) is 3. The number of benzene rings is 3. The fraction of sp³-hybridized carbons (Fsp3) is 0.179. The van der Waals surface area contributed by atoms with Gasteiger partial charge in [0.1, 0.15) is 6.54 Å². The van der Waals surface area contributed by atoms with E-state index in [9.17, 15) is 9.59 Å². The van der Waals surface area contributed by atoms with Crippen LogP contribution < -0.4 is 5.32 Å². The summed E-state index contributed by atoms with van der Waals surface area (Å²) in [6.07, 6.45) is 1.90. The lowest BCUT2D eigenvalue weighted by Crippen LogP contribution is -2.42. The zero-order chi connectivity index (χ0) is 24.1. The van der Waals surface area contributed by atoms with Gasteiger partial charge in [-0.2, -0.15) is 0 Å². The van der Waals surface area contributed by atoms with Crippen LogP contribution >= 0.6 is 0 Å². The van der Waals surface area contributed by atoms with Crippen molar-refractivity contribution in [3.63, 3.8) is 0 Å². The van der Waals surface area contributed by atoms with E-state index < -0.39 is 0 Å². The highest BCUT2D eigenvalue weighted by atomic mass is 16.2. The van der Waals surface area contributed by atoms with E-state index in [1.165, 1.54) is 0 Å². The second-order valence-corrected chi connectivity index (χ2v) is 8.46. The summed E-state index contributed by atoms with van der Waals surface area (Å²) in [5.74, 6) is -0.0837. The molecule has 3 aromatic carbocycles. The Kier molecular flexibility index (Phi) is 6.87. The number of amides is 2. The predicted octanol–water partition coefficient (Wildman–Crippen LogP) is 5.34. The summed E-state index contributed by atoms with van der Waals surface area (Å²) in [6, 6.07) is 26.7. The van der Waals surface area contributed by atoms with Gasteiger partial charge in [0.2, 0.25) is 11.9 Å². The van der Waals surface area contributed by atoms with Crippen LogP contribution in [-0.4, -0.2) is 38.9 Å². The van der Waals surface area contributed by atoms with Crippen molar-refractivity contribution in [1.82, 2.24) is 14.5 Å². The second-order valence-electron chi connectivity index (χ2n) is 8.46. The maximum absolute atomic E-state index is 13.1. The number of anilines is 1. The van der Waals surface area contributed by atoms with E-state index in [-0.39, 0.29) is 24.4 Å². The monoisotopic (exact) mass is 452 g/mol. The fourth-order valence-corrected chi connectivity index (χ4v) is 3.67. The van der Waals surface area contributed by atoms with E-state index in [0.717, 1.165) is 22.5 Å². The Balaban J connectivity index is 1.59. The first-order valence-corrected chi connectivity index (χ1v) is 11.3. The maximum Gasteiger partial charge on any atom is 0.254 e. The lowest BCUT2D eigenvalue weighted by molar-refractivity contribution is -0.117. The van der Waals surface area contributed by atoms with E-state index in [0.29, 0.717) is 11.5 Å². The Bertz CT molecular complexity index is 1260. The van der Waals surface area contributed by atoms with Gasteiger partial charge >= 0.3 is 0 Å². The first-order valence-electron chi connectivity index (χ1n) is 11.3. The van der Waals surface area contributed by atoms with Gasteiger partial charge in [0, 0.05) is 29.1 Å². The number of imidazole rings is 1. The molecule has 4 aromatic rings. The molecule has 2 amide bonds. The SMILES string of the molecule is Cc1ccc(C(=O)N(CC(=O)Nc2nc(-c3ccccc3)cn2-c2ccccc2)C(C)C)cc1. The van der Waals surface area contributed by atoms with Crippen LogP contribution in [0, 0.1) is 6.92 Å². The average molecular weight is 453 g/mol. The third-order valence-electron chi connectivity index (χ3n) is 5.56. The van der Waals surface area contributed by atoms with Crippen molar-refractivity contribution in [2.75, 3.05) is 11.9 Å². The first-order chi connectivity index (χ1) is 16.4. The number of aryl methyl sites for hydroxylation is 1. The van der Waals surface area contributed by atoms with Gasteiger partial charge in [-0.1, -0.05) is 66.2 Å². The Hall–Kier alpha value is -4.19. The van der Waals surface area contributed by atoms with Gasteiger partial charge in [0.15, 0.2) is 0 Å². The normalized spacial score (nSPS) is 10.8. The highest BCUT2D eigenvalue weighted by Crippen LogP contribution is 2.24. The molecule has 0 bridgehead atoms. The Labute approximate surface area is 199 Å². The van der Waals surface area contributed by atoms with Crippen LogP contribution in [0.1, 0.15) is 29.8 Å². The molecule has 0 radical (unpaired) electrons. The summed E-state index contributed by atoms with van der Waals surface area (Å²) < 4.78 is 1.85. The smallest absolute Gasteiger partial charge is 0.254 e. The standard InChI is InChI=1S/C28H28N4O2/c1-20(2)31(27(34)23-16-14-21(3)15-17-23)19-26(33)30-28-29-25(22-10-6-4-7-11-22)18-32(28)24-12-8-5-9-13-24/h4-18,20H,19H2,1-3H3,(H,29,30,33). The van der Waals surface area contributed by atoms with Crippen LogP contribution in [0.15, 0.2) is 91.1 Å². The molecule has 0 aliphatic heterocycles. The third-order valence-corrected chi connectivity index (χ3v) is 5.56. The number of rotatable bonds is 7. The largest absolute Gasteiger partial charge is 0.327 e. The van der Waals surface area contributed by atoms with Crippen LogP contribution in [0.4, 0.5) is 5.95 Å². The molecule has 0 aliphatic carbocycles. The lowest BCUT2D eigenvalue weighted by atomic mass is 10.1. The quantitative estimate of drug-likeness (QED) is 0.412. The summed E-state index contributed by atoms with van der Waals surface area (Å²) in [7, 11) is 0. The minimum absolute atomic E-state index is 0.0767. The van der Waals surface area contributed by atoms with Crippen LogP contribution in [0.5, 0.6) is 0 Å². The minimum Gasteiger partial charge on any atom is -0.327 e. The van der Waals surface area contributed by atoms with Crippen molar-refractivity contribution < 1.29 is 9.59 Å². The van der Waals surface area contributed by atoms with E-state index in [4.69, 9.17) is 0 Å². The van der Waals surface area contributed by atoms with Crippen LogP contribution in [0.3, 0.4) is 0 Å². The Morgan fingerprint density at radius 1 is 0.912 bits per heavy atom. The van der Waals surface area contributed by atoms with Crippen molar-refractivity contribution in [3.05, 3.63) is 102 Å². The molecule has 34 heavy (non-hydrogen) atoms. The van der Waals surface area contributed by atoms with E-state index in [1.807, 2.05) is 104 Å². The predicted molar refractivity (Wildman–Crippen MR) is 135 cm³/mol. The van der Waals surface area contributed by atoms with Gasteiger partial charge in [-0.25, -0.2) is 4.98 Å². The van der Waals surface area contributed by atoms with Gasteiger partial charge in [-0.3, -0.25) is 19.5 Å². The first kappa shape index (κ1) is 23.0. The van der Waals surface area contributed by atoms with Crippen LogP contribution in [-0.2, 0) is 4.79 Å². The number of carbonyl (C=O) groups excluding carboxylic acids is 2. The van der Waals surface area contributed by atoms with Crippen molar-refractivity contribution in [1.29, 1.82) is 0 Å². The molecular weight excluding hydrogens is 424 g/mol. The van der Waals surface area contributed by atoms with Gasteiger partial charge in [0.25, 0.3) is 5.91 Å². The molecule has 0 saturated carbocycles. The molecule has 0 saturated heterocycles. The summed E-state index contributed by atoms with van der Waals surface area (Å²) in [4.78, 5) is 32.4. The molecule has 0 aliphatic rings. The molecule has 0 atom stereocenters. The van der Waals surface area contributed by atoms with Crippen molar-refractivity contribution in [2.24, 2.45) is 0 Å². The van der Waals surface area contributed by atoms with Crippen molar-refractivity contribution in [2.45, 2.75) is 26.8 Å². The topological polar surface area (TPSA) is 67.2 Å². The number of aromatic nitrogens is 2. The molecule has 0 spiro atoms. The fourth-order valence-electron chi connectivity index (χ4n) is 3.67. The number of hydrogen-bond acceptors (Lipinski definition) is 3. The zero-order valence-corrected chi connectivity index (χ0v) is 19.6. The molecular formula is C28H28N4O2. The third kappa shape index (κ3) is 5.23. The summed E-state index contributed by atoms with van der Waals surface area (Å²) >= 11 is 0. The van der Waals surface area contributed by atoms with E-state index >= 15 is 0 Å². The summed E-state index contributed by atoms with van der Waals surface area (Å²) in [5, 5.41) is 2.92. The lowest BCUT2D eigenvalue weighted by Gasteiger charge is -2.26. The van der Waals surface area contributed by atoms with Gasteiger partial charge in [0.05, 0.1) is 5.69 Å². The molecule has 4 rings (SSSR count). The number of nitrogens with one attached hydrogen (secondary N) is 1. The molecule has 1 heterocycles. The van der Waals surface area contributed by atoms with Gasteiger partial charge < -0.3 is 4.90 Å². The summed E-state index contributed by atoms with van der Waals surface area (Å²) in [5.41, 5.74) is 4.21. The molecule has 172 valence electrons. The number of para-hydroxylation sites is 1. The maximum atomic E-state index is 13.1. The Morgan fingerprint density at radius 2 is 1.53 bits per heavy atom. The van der Waals surface area contributed by atoms with Gasteiger partial charge in [-0.05, 0) is 45.0 Å².